The molecule has 18 nitrogen and oxygen atoms in total. The minimum Gasteiger partial charge on any atom is -0.508 e. The van der Waals surface area contributed by atoms with Gasteiger partial charge < -0.3 is 34.6 Å². The van der Waals surface area contributed by atoms with Crippen LogP contribution in [0.3, 0.4) is 0 Å². The van der Waals surface area contributed by atoms with Crippen molar-refractivity contribution in [3.63, 3.8) is 0 Å². The van der Waals surface area contributed by atoms with Gasteiger partial charge in [-0.2, -0.15) is 9.97 Å². The molecule has 9 heterocycles. The normalized spacial score (nSPS) is 25.4. The van der Waals surface area contributed by atoms with E-state index in [1.54, 1.807) is 41.4 Å². The van der Waals surface area contributed by atoms with Gasteiger partial charge in [-0.05, 0) is 98.5 Å². The molecular formula is C52H55FN10O8. The molecule has 3 unspecified atom stereocenters. The molecule has 0 saturated carbocycles. The van der Waals surface area contributed by atoms with E-state index in [1.807, 2.05) is 30.0 Å². The van der Waals surface area contributed by atoms with Gasteiger partial charge in [-0.1, -0.05) is 31.2 Å². The number of benzene rings is 3. The quantitative estimate of drug-likeness (QED) is 0.159. The van der Waals surface area contributed by atoms with Crippen LogP contribution < -0.4 is 25.2 Å². The molecule has 0 spiro atoms. The molecule has 0 radical (unpaired) electrons. The smallest absolute Gasteiger partial charge is 0.409 e. The number of ether oxygens (including phenoxy) is 2. The van der Waals surface area contributed by atoms with E-state index in [-0.39, 0.29) is 71.7 Å². The van der Waals surface area contributed by atoms with Gasteiger partial charge in [-0.3, -0.25) is 39.3 Å². The lowest BCUT2D eigenvalue weighted by Gasteiger charge is -2.37. The number of phenols is 1. The molecule has 6 saturated heterocycles. The van der Waals surface area contributed by atoms with E-state index in [0.29, 0.717) is 80.2 Å². The molecule has 6 fully saturated rings. The Kier molecular flexibility index (Phi) is 11.3. The van der Waals surface area contributed by atoms with Gasteiger partial charge in [0, 0.05) is 75.6 Å². The number of hydrogen-bond acceptors (Lipinski definition) is 15. The van der Waals surface area contributed by atoms with E-state index in [4.69, 9.17) is 24.4 Å². The summed E-state index contributed by atoms with van der Waals surface area (Å²) < 4.78 is 29.9. The predicted molar refractivity (Wildman–Crippen MR) is 259 cm³/mol. The van der Waals surface area contributed by atoms with Crippen molar-refractivity contribution in [3.05, 3.63) is 77.2 Å². The van der Waals surface area contributed by atoms with Gasteiger partial charge in [0.1, 0.15) is 42.0 Å². The Balaban J connectivity index is 0.732. The average Bonchev–Trinajstić information content (AvgIpc) is 4.12. The second-order valence-corrected chi connectivity index (χ2v) is 20.1. The average molecular weight is 967 g/mol. The highest BCUT2D eigenvalue weighted by molar-refractivity contribution is 6.25. The number of anilines is 2. The van der Waals surface area contributed by atoms with Crippen molar-refractivity contribution in [2.75, 3.05) is 68.8 Å². The minimum atomic E-state index is -1.06. The fourth-order valence-corrected chi connectivity index (χ4v) is 12.6. The van der Waals surface area contributed by atoms with Crippen LogP contribution in [0.4, 0.5) is 20.7 Å². The first-order valence-electron chi connectivity index (χ1n) is 25.0. The number of rotatable bonds is 10. The summed E-state index contributed by atoms with van der Waals surface area (Å²) in [4.78, 5) is 88.9. The van der Waals surface area contributed by atoms with Crippen molar-refractivity contribution in [2.24, 2.45) is 0 Å². The third-order valence-electron chi connectivity index (χ3n) is 16.1. The molecule has 3 N–H and O–H groups in total. The molecule has 71 heavy (non-hydrogen) atoms. The lowest BCUT2D eigenvalue weighted by atomic mass is 9.95. The van der Waals surface area contributed by atoms with Crippen molar-refractivity contribution in [1.82, 2.24) is 40.3 Å². The number of nitrogens with zero attached hydrogens (tertiary/aromatic N) is 8. The maximum Gasteiger partial charge on any atom is 0.409 e. The number of imide groups is 2. The topological polar surface area (TPSA) is 203 Å². The number of fused-ring (bicyclic) bond motifs is 6. The molecule has 0 aliphatic carbocycles. The third kappa shape index (κ3) is 7.75. The number of aromatic nitrogens is 3. The molecule has 368 valence electrons. The van der Waals surface area contributed by atoms with Crippen LogP contribution in [-0.4, -0.2) is 153 Å². The highest BCUT2D eigenvalue weighted by Crippen LogP contribution is 2.44. The van der Waals surface area contributed by atoms with Crippen LogP contribution in [0.1, 0.15) is 84.6 Å². The summed E-state index contributed by atoms with van der Waals surface area (Å²) in [5, 5.41) is 18.8. The van der Waals surface area contributed by atoms with Crippen molar-refractivity contribution >= 4 is 62.9 Å². The van der Waals surface area contributed by atoms with Gasteiger partial charge in [-0.25, -0.2) is 9.18 Å². The Morgan fingerprint density at radius 1 is 0.901 bits per heavy atom. The van der Waals surface area contributed by atoms with Crippen molar-refractivity contribution in [1.29, 1.82) is 0 Å². The molecule has 12 rings (SSSR count). The van der Waals surface area contributed by atoms with E-state index in [2.05, 4.69) is 20.4 Å². The first-order valence-corrected chi connectivity index (χ1v) is 25.0. The molecule has 7 aliphatic rings. The number of carbonyl (C=O) groups excluding carboxylic acids is 5. The van der Waals surface area contributed by atoms with Gasteiger partial charge in [-0.15, -0.1) is 0 Å². The SMILES string of the molecule is CCc1cccc2cc(O)cc(-c3ncc4c(N5CC6CCC(C5)N6)nc(OC[C@]56CCCN5[C@@H](COC(=O)N5CCN(c7cccc8c7C(=O)N(C7CCC(=O)NC7=O)C8=O)CC5)CC6)nc4c3F)c12. The van der Waals surface area contributed by atoms with E-state index in [0.717, 1.165) is 66.3 Å². The molecule has 5 atom stereocenters. The Morgan fingerprint density at radius 3 is 2.49 bits per heavy atom. The van der Waals surface area contributed by atoms with E-state index in [1.165, 1.54) is 0 Å². The zero-order chi connectivity index (χ0) is 48.7. The van der Waals surface area contributed by atoms with Gasteiger partial charge >= 0.3 is 12.1 Å². The van der Waals surface area contributed by atoms with E-state index < -0.39 is 41.6 Å². The largest absolute Gasteiger partial charge is 0.508 e. The fraction of sp³-hybridized carbons (Fsp3) is 0.462. The van der Waals surface area contributed by atoms with Gasteiger partial charge in [0.05, 0.1) is 27.7 Å². The number of pyridine rings is 1. The molecule has 2 bridgehead atoms. The van der Waals surface area contributed by atoms with Crippen LogP contribution in [0.25, 0.3) is 32.9 Å². The zero-order valence-corrected chi connectivity index (χ0v) is 39.5. The maximum absolute atomic E-state index is 17.3. The summed E-state index contributed by atoms with van der Waals surface area (Å²) in [6.07, 6.45) is 7.57. The summed E-state index contributed by atoms with van der Waals surface area (Å²) in [5.74, 6) is -2.23. The standard InChI is InChI=1S/C52H55FN10O8/c1-2-29-6-3-7-30-22-34(64)23-36(41(29)30)44-43(53)45-37(24-54-44)46(61-25-31-10-11-32(26-61)55-31)58-50(57-45)71-28-52-15-5-17-62(52)33(14-16-52)27-70-51(69)60-20-18-59(19-21-60)38-9-4-8-35-42(38)49(68)63(48(35)67)39-12-13-40(65)56-47(39)66/h3-4,6-9,22-24,31-33,39,55,64H,2,5,10-21,25-28H2,1H3,(H,56,65,66)/t31?,32?,33-,39?,52-/m1/s1. The first-order chi connectivity index (χ1) is 34.5. The second-order valence-electron chi connectivity index (χ2n) is 20.1. The highest BCUT2D eigenvalue weighted by Gasteiger charge is 2.51. The van der Waals surface area contributed by atoms with Crippen LogP contribution in [-0.2, 0) is 20.7 Å². The number of carbonyl (C=O) groups is 5. The Labute approximate surface area is 408 Å². The number of aryl methyl sites for hydroxylation is 1. The van der Waals surface area contributed by atoms with Crippen LogP contribution >= 0.6 is 0 Å². The Hall–Kier alpha value is -6.99. The molecular weight excluding hydrogens is 912 g/mol. The number of hydrogen-bond donors (Lipinski definition) is 3. The van der Waals surface area contributed by atoms with Crippen LogP contribution in [0.15, 0.2) is 54.7 Å². The first kappa shape index (κ1) is 45.2. The molecule has 5 aromatic rings. The second kappa shape index (κ2) is 17.7. The summed E-state index contributed by atoms with van der Waals surface area (Å²) in [5.41, 5.74) is 2.35. The number of aromatic hydroxyl groups is 1. The van der Waals surface area contributed by atoms with Crippen molar-refractivity contribution < 1.29 is 42.9 Å². The predicted octanol–water partition coefficient (Wildman–Crippen LogP) is 4.93. The summed E-state index contributed by atoms with van der Waals surface area (Å²) in [6, 6.07) is 13.7. The Morgan fingerprint density at radius 2 is 1.70 bits per heavy atom. The zero-order valence-electron chi connectivity index (χ0n) is 39.5. The van der Waals surface area contributed by atoms with Gasteiger partial charge in [0.15, 0.2) is 5.82 Å². The van der Waals surface area contributed by atoms with Crippen LogP contribution in [0.5, 0.6) is 11.8 Å². The van der Waals surface area contributed by atoms with Gasteiger partial charge in [0.2, 0.25) is 11.8 Å². The van der Waals surface area contributed by atoms with Crippen molar-refractivity contribution in [3.8, 4) is 23.0 Å². The molecule has 3 aromatic carbocycles. The van der Waals surface area contributed by atoms with Crippen LogP contribution in [0.2, 0.25) is 0 Å². The monoisotopic (exact) mass is 966 g/mol. The number of halogens is 1. The fourth-order valence-electron chi connectivity index (χ4n) is 12.6. The third-order valence-corrected chi connectivity index (χ3v) is 16.1. The molecule has 5 amide bonds. The number of piperazine rings is 2. The Bertz CT molecular complexity index is 3040. The van der Waals surface area contributed by atoms with E-state index in [9.17, 15) is 29.1 Å². The highest BCUT2D eigenvalue weighted by atomic mass is 19.1. The van der Waals surface area contributed by atoms with Gasteiger partial charge in [0.25, 0.3) is 11.8 Å². The molecule has 7 aliphatic heterocycles. The lowest BCUT2D eigenvalue weighted by Crippen LogP contribution is -2.54. The maximum atomic E-state index is 17.3. The lowest BCUT2D eigenvalue weighted by molar-refractivity contribution is -0.136. The number of phenolic OH excluding ortho intramolecular Hbond substituents is 1. The minimum absolute atomic E-state index is 0.0177. The summed E-state index contributed by atoms with van der Waals surface area (Å²) in [7, 11) is 0. The molecule has 2 aromatic heterocycles. The summed E-state index contributed by atoms with van der Waals surface area (Å²) in [6.45, 7) is 6.20. The number of amides is 5. The molecule has 19 heteroatoms. The van der Waals surface area contributed by atoms with Crippen molar-refractivity contribution in [2.45, 2.75) is 94.4 Å². The van der Waals surface area contributed by atoms with Crippen LogP contribution in [0, 0.1) is 5.82 Å². The summed E-state index contributed by atoms with van der Waals surface area (Å²) >= 11 is 0. The number of piperidine rings is 1. The van der Waals surface area contributed by atoms with E-state index >= 15 is 4.39 Å². The number of nitrogens with one attached hydrogen (secondary N) is 2.